The van der Waals surface area contributed by atoms with Gasteiger partial charge in [0.2, 0.25) is 5.13 Å². The Kier molecular flexibility index (Phi) is 5.54. The third-order valence-electron chi connectivity index (χ3n) is 2.93. The van der Waals surface area contributed by atoms with Crippen LogP contribution in [0.1, 0.15) is 0 Å². The summed E-state index contributed by atoms with van der Waals surface area (Å²) in [5, 5.41) is 15.4. The van der Waals surface area contributed by atoms with Crippen molar-refractivity contribution < 1.29 is 4.79 Å². The van der Waals surface area contributed by atoms with Crippen molar-refractivity contribution in [2.45, 2.75) is 0 Å². The number of hydrogen-bond acceptors (Lipinski definition) is 4. The molecule has 3 rings (SSSR count). The lowest BCUT2D eigenvalue weighted by Gasteiger charge is -2.06. The van der Waals surface area contributed by atoms with Crippen LogP contribution in [0.4, 0.5) is 15.6 Å². The van der Waals surface area contributed by atoms with E-state index in [1.165, 1.54) is 11.3 Å². The van der Waals surface area contributed by atoms with E-state index in [2.05, 4.69) is 43.4 Å². The van der Waals surface area contributed by atoms with Gasteiger partial charge in [-0.2, -0.15) is 0 Å². The van der Waals surface area contributed by atoms with Gasteiger partial charge in [0.05, 0.1) is 10.0 Å². The van der Waals surface area contributed by atoms with Gasteiger partial charge in [-0.3, -0.25) is 5.32 Å². The minimum Gasteiger partial charge on any atom is -0.308 e. The highest BCUT2D eigenvalue weighted by Gasteiger charge is 2.12. The first-order valence-corrected chi connectivity index (χ1v) is 9.29. The standard InChI is InChI=1S/C15H9Cl2IN4OS/c16-10-6-5-8(7-11(10)17)19-14(23)20-15-22-21-13(24-15)9-3-1-2-4-12(9)18/h1-7H,(H2,19,20,22,23). The Labute approximate surface area is 165 Å². The molecule has 0 radical (unpaired) electrons. The van der Waals surface area contributed by atoms with Crippen LogP contribution in [0.25, 0.3) is 10.6 Å². The molecule has 3 aromatic rings. The molecule has 122 valence electrons. The molecular weight excluding hydrogens is 482 g/mol. The van der Waals surface area contributed by atoms with Crippen LogP contribution in [0.2, 0.25) is 10.0 Å². The molecule has 9 heteroatoms. The SMILES string of the molecule is O=C(Nc1ccc(Cl)c(Cl)c1)Nc1nnc(-c2ccccc2I)s1. The first-order valence-electron chi connectivity index (χ1n) is 6.64. The van der Waals surface area contributed by atoms with Gasteiger partial charge in [-0.05, 0) is 46.9 Å². The number of carbonyl (C=O) groups is 1. The predicted molar refractivity (Wildman–Crippen MR) is 107 cm³/mol. The van der Waals surface area contributed by atoms with E-state index >= 15 is 0 Å². The van der Waals surface area contributed by atoms with Crippen molar-refractivity contribution in [1.82, 2.24) is 10.2 Å². The second-order valence-corrected chi connectivity index (χ2v) is 7.55. The van der Waals surface area contributed by atoms with Crippen molar-refractivity contribution in [3.05, 3.63) is 56.1 Å². The molecule has 0 aliphatic carbocycles. The van der Waals surface area contributed by atoms with Crippen LogP contribution in [-0.4, -0.2) is 16.2 Å². The van der Waals surface area contributed by atoms with E-state index in [-0.39, 0.29) is 0 Å². The highest BCUT2D eigenvalue weighted by atomic mass is 127. The fourth-order valence-electron chi connectivity index (χ4n) is 1.85. The smallest absolute Gasteiger partial charge is 0.308 e. The van der Waals surface area contributed by atoms with Crippen molar-refractivity contribution in [2.24, 2.45) is 0 Å². The number of hydrogen-bond donors (Lipinski definition) is 2. The molecule has 1 heterocycles. The van der Waals surface area contributed by atoms with E-state index in [1.54, 1.807) is 18.2 Å². The minimum atomic E-state index is -0.432. The van der Waals surface area contributed by atoms with Gasteiger partial charge in [0.15, 0.2) is 5.01 Å². The molecule has 2 N–H and O–H groups in total. The van der Waals surface area contributed by atoms with E-state index in [1.807, 2.05) is 24.3 Å². The second kappa shape index (κ2) is 7.64. The molecule has 0 atom stereocenters. The van der Waals surface area contributed by atoms with Gasteiger partial charge in [-0.15, -0.1) is 10.2 Å². The maximum absolute atomic E-state index is 12.0. The molecule has 1 aromatic heterocycles. The fraction of sp³-hybridized carbons (Fsp3) is 0. The van der Waals surface area contributed by atoms with Gasteiger partial charge in [0.1, 0.15) is 0 Å². The molecule has 24 heavy (non-hydrogen) atoms. The van der Waals surface area contributed by atoms with Crippen molar-refractivity contribution in [3.63, 3.8) is 0 Å². The van der Waals surface area contributed by atoms with E-state index in [4.69, 9.17) is 23.2 Å². The Hall–Kier alpha value is -1.42. The summed E-state index contributed by atoms with van der Waals surface area (Å²) in [4.78, 5) is 12.0. The average molecular weight is 491 g/mol. The maximum Gasteiger partial charge on any atom is 0.325 e. The molecule has 0 unspecified atom stereocenters. The quantitative estimate of drug-likeness (QED) is 0.458. The molecule has 0 spiro atoms. The number of urea groups is 1. The van der Waals surface area contributed by atoms with E-state index < -0.39 is 6.03 Å². The van der Waals surface area contributed by atoms with Crippen LogP contribution in [-0.2, 0) is 0 Å². The summed E-state index contributed by atoms with van der Waals surface area (Å²) in [6.45, 7) is 0. The lowest BCUT2D eigenvalue weighted by atomic mass is 10.2. The number of benzene rings is 2. The first kappa shape index (κ1) is 17.4. The average Bonchev–Trinajstić information content (AvgIpc) is 2.99. The van der Waals surface area contributed by atoms with Crippen LogP contribution in [0, 0.1) is 3.57 Å². The normalized spacial score (nSPS) is 10.5. The largest absolute Gasteiger partial charge is 0.325 e. The molecule has 2 aromatic carbocycles. The van der Waals surface area contributed by atoms with E-state index in [0.29, 0.717) is 20.9 Å². The van der Waals surface area contributed by atoms with Gasteiger partial charge >= 0.3 is 6.03 Å². The number of carbonyl (C=O) groups excluding carboxylic acids is 1. The molecule has 2 amide bonds. The van der Waals surface area contributed by atoms with E-state index in [9.17, 15) is 4.79 Å². The fourth-order valence-corrected chi connectivity index (χ4v) is 3.75. The summed E-state index contributed by atoms with van der Waals surface area (Å²) in [5.41, 5.74) is 1.51. The Bertz CT molecular complexity index is 903. The number of aromatic nitrogens is 2. The zero-order valence-electron chi connectivity index (χ0n) is 11.9. The molecule has 0 fully saturated rings. The molecule has 5 nitrogen and oxygen atoms in total. The first-order chi connectivity index (χ1) is 11.5. The van der Waals surface area contributed by atoms with Gasteiger partial charge in [0, 0.05) is 14.8 Å². The topological polar surface area (TPSA) is 66.9 Å². The highest BCUT2D eigenvalue weighted by Crippen LogP contribution is 2.30. The molecule has 0 saturated heterocycles. The van der Waals surface area contributed by atoms with Crippen LogP contribution < -0.4 is 10.6 Å². The van der Waals surface area contributed by atoms with Gasteiger partial charge in [-0.1, -0.05) is 52.7 Å². The van der Waals surface area contributed by atoms with Gasteiger partial charge in [0.25, 0.3) is 0 Å². The van der Waals surface area contributed by atoms with Crippen LogP contribution in [0.5, 0.6) is 0 Å². The van der Waals surface area contributed by atoms with Crippen LogP contribution in [0.3, 0.4) is 0 Å². The Morgan fingerprint density at radius 3 is 2.58 bits per heavy atom. The summed E-state index contributed by atoms with van der Waals surface area (Å²) in [6.07, 6.45) is 0. The number of halogens is 3. The highest BCUT2D eigenvalue weighted by molar-refractivity contribution is 14.1. The number of anilines is 2. The van der Waals surface area contributed by atoms with Crippen molar-refractivity contribution in [1.29, 1.82) is 0 Å². The predicted octanol–water partition coefficient (Wildman–Crippen LogP) is 5.76. The summed E-state index contributed by atoms with van der Waals surface area (Å²) < 4.78 is 1.07. The number of nitrogens with zero attached hydrogens (tertiary/aromatic N) is 2. The van der Waals surface area contributed by atoms with Crippen LogP contribution >= 0.6 is 57.1 Å². The molecular formula is C15H9Cl2IN4OS. The summed E-state index contributed by atoms with van der Waals surface area (Å²) in [5.74, 6) is 0. The lowest BCUT2D eigenvalue weighted by Crippen LogP contribution is -2.19. The molecule has 0 bridgehead atoms. The third-order valence-corrected chi connectivity index (χ3v) is 5.48. The summed E-state index contributed by atoms with van der Waals surface area (Å²) in [6, 6.07) is 12.2. The van der Waals surface area contributed by atoms with Crippen molar-refractivity contribution in [3.8, 4) is 10.6 Å². The van der Waals surface area contributed by atoms with Crippen LogP contribution in [0.15, 0.2) is 42.5 Å². The Morgan fingerprint density at radius 2 is 1.83 bits per heavy atom. The number of nitrogens with one attached hydrogen (secondary N) is 2. The molecule has 0 saturated carbocycles. The minimum absolute atomic E-state index is 0.367. The lowest BCUT2D eigenvalue weighted by molar-refractivity contribution is 0.262. The van der Waals surface area contributed by atoms with Crippen molar-refractivity contribution in [2.75, 3.05) is 10.6 Å². The monoisotopic (exact) mass is 490 g/mol. The zero-order valence-corrected chi connectivity index (χ0v) is 16.4. The molecule has 0 aliphatic rings. The number of rotatable bonds is 3. The maximum atomic E-state index is 12.0. The van der Waals surface area contributed by atoms with Gasteiger partial charge in [-0.25, -0.2) is 4.79 Å². The number of amides is 2. The molecule has 0 aliphatic heterocycles. The van der Waals surface area contributed by atoms with Crippen molar-refractivity contribution >= 4 is 74.0 Å². The summed E-state index contributed by atoms with van der Waals surface area (Å²) in [7, 11) is 0. The van der Waals surface area contributed by atoms with Gasteiger partial charge < -0.3 is 5.32 Å². The second-order valence-electron chi connectivity index (χ2n) is 4.60. The Morgan fingerprint density at radius 1 is 1.04 bits per heavy atom. The third kappa shape index (κ3) is 4.15. The zero-order chi connectivity index (χ0) is 17.1. The van der Waals surface area contributed by atoms with E-state index in [0.717, 1.165) is 14.1 Å². The summed E-state index contributed by atoms with van der Waals surface area (Å²) >= 11 is 15.3. The Balaban J connectivity index is 1.69.